The van der Waals surface area contributed by atoms with Gasteiger partial charge in [0.15, 0.2) is 0 Å². The Morgan fingerprint density at radius 2 is 1.75 bits per heavy atom. The molecule has 152 valence electrons. The van der Waals surface area contributed by atoms with Crippen LogP contribution in [0.4, 0.5) is 10.7 Å². The van der Waals surface area contributed by atoms with Crippen LogP contribution >= 0.6 is 0 Å². The molecule has 0 unspecified atom stereocenters. The van der Waals surface area contributed by atoms with Gasteiger partial charge < -0.3 is 24.8 Å². The van der Waals surface area contributed by atoms with Gasteiger partial charge in [-0.2, -0.15) is 0 Å². The molecule has 2 aliphatic rings. The second kappa shape index (κ2) is 9.34. The lowest BCUT2D eigenvalue weighted by molar-refractivity contribution is -0.119. The molecule has 0 spiro atoms. The molecule has 3 rings (SSSR count). The third-order valence-electron chi connectivity index (χ3n) is 5.00. The Morgan fingerprint density at radius 3 is 2.32 bits per heavy atom. The van der Waals surface area contributed by atoms with E-state index in [1.165, 1.54) is 12.4 Å². The molecular formula is C18H26N6O4. The maximum atomic E-state index is 12.5. The number of carbonyl (C=O) groups excluding carboxylic acids is 3. The Hall–Kier alpha value is -2.91. The van der Waals surface area contributed by atoms with E-state index in [9.17, 15) is 14.4 Å². The average Bonchev–Trinajstić information content (AvgIpc) is 2.74. The predicted molar refractivity (Wildman–Crippen MR) is 101 cm³/mol. The molecular weight excluding hydrogens is 364 g/mol. The first-order chi connectivity index (χ1) is 13.6. The van der Waals surface area contributed by atoms with Gasteiger partial charge in [0.1, 0.15) is 0 Å². The van der Waals surface area contributed by atoms with Crippen LogP contribution < -0.4 is 5.32 Å². The number of hydrogen-bond donors (Lipinski definition) is 1. The monoisotopic (exact) mass is 390 g/mol. The zero-order valence-corrected chi connectivity index (χ0v) is 16.0. The second-order valence-electron chi connectivity index (χ2n) is 6.83. The molecule has 0 radical (unpaired) electrons. The summed E-state index contributed by atoms with van der Waals surface area (Å²) in [7, 11) is 0. The molecule has 1 aromatic rings. The number of likely N-dealkylation sites (tertiary alicyclic amines) is 1. The Morgan fingerprint density at radius 1 is 1.11 bits per heavy atom. The fourth-order valence-corrected chi connectivity index (χ4v) is 3.33. The van der Waals surface area contributed by atoms with Crippen LogP contribution in [0.15, 0.2) is 12.4 Å². The molecule has 2 fully saturated rings. The van der Waals surface area contributed by atoms with Crippen LogP contribution in [0.3, 0.4) is 0 Å². The van der Waals surface area contributed by atoms with E-state index in [-0.39, 0.29) is 18.0 Å². The third-order valence-corrected chi connectivity index (χ3v) is 5.00. The molecule has 0 bridgehead atoms. The number of piperidine rings is 1. The van der Waals surface area contributed by atoms with E-state index >= 15 is 0 Å². The fourth-order valence-electron chi connectivity index (χ4n) is 3.33. The average molecular weight is 390 g/mol. The number of amides is 3. The summed E-state index contributed by atoms with van der Waals surface area (Å²) < 4.78 is 5.02. The predicted octanol–water partition coefficient (Wildman–Crippen LogP) is 0.424. The summed E-state index contributed by atoms with van der Waals surface area (Å²) in [5.74, 6) is 0.344. The topological polar surface area (TPSA) is 108 Å². The molecule has 1 aromatic heterocycles. The highest BCUT2D eigenvalue weighted by Gasteiger charge is 2.25. The van der Waals surface area contributed by atoms with Crippen molar-refractivity contribution in [3.05, 3.63) is 18.0 Å². The van der Waals surface area contributed by atoms with Crippen molar-refractivity contribution in [2.24, 2.45) is 0 Å². The van der Waals surface area contributed by atoms with Crippen molar-refractivity contribution in [1.82, 2.24) is 24.7 Å². The molecule has 10 nitrogen and oxygen atoms in total. The van der Waals surface area contributed by atoms with Crippen LogP contribution in [0.2, 0.25) is 0 Å². The summed E-state index contributed by atoms with van der Waals surface area (Å²) >= 11 is 0. The molecule has 3 amide bonds. The molecule has 0 aliphatic carbocycles. The van der Waals surface area contributed by atoms with Gasteiger partial charge in [-0.3, -0.25) is 9.59 Å². The van der Waals surface area contributed by atoms with Crippen LogP contribution in [0.25, 0.3) is 0 Å². The largest absolute Gasteiger partial charge is 0.450 e. The highest BCUT2D eigenvalue weighted by Crippen LogP contribution is 2.15. The molecule has 10 heteroatoms. The van der Waals surface area contributed by atoms with Gasteiger partial charge >= 0.3 is 6.09 Å². The summed E-state index contributed by atoms with van der Waals surface area (Å²) in [4.78, 5) is 48.6. The van der Waals surface area contributed by atoms with Crippen molar-refractivity contribution in [2.45, 2.75) is 25.8 Å². The number of piperazine rings is 1. The van der Waals surface area contributed by atoms with Gasteiger partial charge in [0.05, 0.1) is 12.2 Å². The number of aromatic nitrogens is 2. The van der Waals surface area contributed by atoms with E-state index in [0.717, 1.165) is 19.3 Å². The van der Waals surface area contributed by atoms with Crippen molar-refractivity contribution in [3.8, 4) is 0 Å². The fraction of sp³-hybridized carbons (Fsp3) is 0.611. The minimum Gasteiger partial charge on any atom is -0.450 e. The highest BCUT2D eigenvalue weighted by atomic mass is 16.6. The number of rotatable bonds is 5. The summed E-state index contributed by atoms with van der Waals surface area (Å²) in [6, 6.07) is 0.170. The zero-order chi connectivity index (χ0) is 19.9. The Bertz CT molecular complexity index is 682. The molecule has 2 saturated heterocycles. The lowest BCUT2D eigenvalue weighted by Gasteiger charge is -2.32. The summed E-state index contributed by atoms with van der Waals surface area (Å²) in [6.07, 6.45) is 5.15. The molecule has 0 saturated carbocycles. The smallest absolute Gasteiger partial charge is 0.409 e. The number of nitrogens with zero attached hydrogens (tertiary/aromatic N) is 5. The molecule has 0 atom stereocenters. The first kappa shape index (κ1) is 19.8. The maximum absolute atomic E-state index is 12.5. The lowest BCUT2D eigenvalue weighted by atomic mass is 10.1. The standard InChI is InChI=1S/C18H26N6O4/c1-2-28-18(27)24-5-3-15(4-6-24)21-17-19-11-14(12-20-17)16(26)23-9-7-22(13-25)8-10-23/h11-13,15H,2-10H2,1H3,(H,19,20,21). The van der Waals surface area contributed by atoms with Crippen molar-refractivity contribution < 1.29 is 19.1 Å². The van der Waals surface area contributed by atoms with Crippen LogP contribution in [-0.2, 0) is 9.53 Å². The molecule has 1 N–H and O–H groups in total. The van der Waals surface area contributed by atoms with Crippen LogP contribution in [0, 0.1) is 0 Å². The maximum Gasteiger partial charge on any atom is 0.409 e. The minimum atomic E-state index is -0.269. The third kappa shape index (κ3) is 4.87. The van der Waals surface area contributed by atoms with Gasteiger partial charge in [-0.05, 0) is 19.8 Å². The zero-order valence-electron chi connectivity index (χ0n) is 16.0. The lowest BCUT2D eigenvalue weighted by Crippen LogP contribution is -2.48. The normalized spacial score (nSPS) is 18.0. The van der Waals surface area contributed by atoms with E-state index in [1.807, 2.05) is 0 Å². The molecule has 2 aliphatic heterocycles. The minimum absolute atomic E-state index is 0.125. The van der Waals surface area contributed by atoms with Crippen molar-refractivity contribution in [1.29, 1.82) is 0 Å². The Labute approximate surface area is 163 Å². The van der Waals surface area contributed by atoms with Gasteiger partial charge in [0.25, 0.3) is 5.91 Å². The molecule has 0 aromatic carbocycles. The van der Waals surface area contributed by atoms with Gasteiger partial charge in [-0.1, -0.05) is 0 Å². The van der Waals surface area contributed by atoms with Gasteiger partial charge in [-0.15, -0.1) is 0 Å². The first-order valence-corrected chi connectivity index (χ1v) is 9.59. The SMILES string of the molecule is CCOC(=O)N1CCC(Nc2ncc(C(=O)N3CCN(C=O)CC3)cn2)CC1. The highest BCUT2D eigenvalue weighted by molar-refractivity contribution is 5.93. The first-order valence-electron chi connectivity index (χ1n) is 9.59. The summed E-state index contributed by atoms with van der Waals surface area (Å²) in [5.41, 5.74) is 0.433. The quantitative estimate of drug-likeness (QED) is 0.726. The molecule has 3 heterocycles. The second-order valence-corrected chi connectivity index (χ2v) is 6.83. The van der Waals surface area contributed by atoms with Crippen LogP contribution in [0.5, 0.6) is 0 Å². The van der Waals surface area contributed by atoms with Gasteiger partial charge in [-0.25, -0.2) is 14.8 Å². The van der Waals surface area contributed by atoms with Gasteiger partial charge in [0.2, 0.25) is 12.4 Å². The molecule has 28 heavy (non-hydrogen) atoms. The van der Waals surface area contributed by atoms with Crippen molar-refractivity contribution in [3.63, 3.8) is 0 Å². The number of hydrogen-bond acceptors (Lipinski definition) is 7. The number of nitrogens with one attached hydrogen (secondary N) is 1. The number of ether oxygens (including phenoxy) is 1. The Balaban J connectivity index is 1.48. The van der Waals surface area contributed by atoms with E-state index < -0.39 is 0 Å². The summed E-state index contributed by atoms with van der Waals surface area (Å²) in [6.45, 7) is 5.53. The summed E-state index contributed by atoms with van der Waals surface area (Å²) in [5, 5.41) is 3.26. The number of carbonyl (C=O) groups is 3. The van der Waals surface area contributed by atoms with E-state index in [4.69, 9.17) is 4.74 Å². The van der Waals surface area contributed by atoms with Crippen molar-refractivity contribution in [2.75, 3.05) is 51.2 Å². The van der Waals surface area contributed by atoms with Gasteiger partial charge in [0, 0.05) is 57.7 Å². The number of anilines is 1. The van der Waals surface area contributed by atoms with Crippen LogP contribution in [0.1, 0.15) is 30.1 Å². The van der Waals surface area contributed by atoms with E-state index in [1.54, 1.807) is 21.6 Å². The van der Waals surface area contributed by atoms with Crippen LogP contribution in [-0.4, -0.2) is 95.0 Å². The Kier molecular flexibility index (Phi) is 6.62. The van der Waals surface area contributed by atoms with Crippen molar-refractivity contribution >= 4 is 24.4 Å². The van der Waals surface area contributed by atoms with E-state index in [0.29, 0.717) is 57.4 Å². The van der Waals surface area contributed by atoms with E-state index in [2.05, 4.69) is 15.3 Å².